The van der Waals surface area contributed by atoms with Crippen LogP contribution in [0.3, 0.4) is 0 Å². The summed E-state index contributed by atoms with van der Waals surface area (Å²) in [4.78, 5) is 16.4. The SMILES string of the molecule is O=C(Nc1ncn(Cc2ccccc2)n1)c1ccc(COc2ccc(F)cc2)o1. The van der Waals surface area contributed by atoms with Gasteiger partial charge in [0.05, 0.1) is 6.54 Å². The maximum absolute atomic E-state index is 12.9. The predicted octanol–water partition coefficient (Wildman–Crippen LogP) is 3.89. The number of carbonyl (C=O) groups is 1. The minimum Gasteiger partial charge on any atom is -0.486 e. The fourth-order valence-corrected chi connectivity index (χ4v) is 2.62. The molecule has 2 aromatic carbocycles. The van der Waals surface area contributed by atoms with Crippen molar-refractivity contribution in [3.63, 3.8) is 0 Å². The van der Waals surface area contributed by atoms with E-state index in [1.807, 2.05) is 30.3 Å². The number of halogens is 1. The van der Waals surface area contributed by atoms with Gasteiger partial charge >= 0.3 is 0 Å². The standard InChI is InChI=1S/C21H17FN4O3/c22-16-6-8-17(9-7-16)28-13-18-10-11-19(29-18)20(27)24-21-23-14-26(25-21)12-15-4-2-1-3-5-15/h1-11,14H,12-13H2,(H,24,25,27). The Hall–Kier alpha value is -3.94. The number of aromatic nitrogens is 3. The molecule has 1 N–H and O–H groups in total. The topological polar surface area (TPSA) is 82.2 Å². The molecule has 0 saturated carbocycles. The Balaban J connectivity index is 1.32. The molecule has 0 spiro atoms. The minimum absolute atomic E-state index is 0.113. The Bertz CT molecular complexity index is 1090. The normalized spacial score (nSPS) is 10.7. The summed E-state index contributed by atoms with van der Waals surface area (Å²) >= 11 is 0. The number of ether oxygens (including phenoxy) is 1. The summed E-state index contributed by atoms with van der Waals surface area (Å²) in [5.74, 6) is 0.460. The van der Waals surface area contributed by atoms with Crippen LogP contribution in [-0.2, 0) is 13.2 Å². The van der Waals surface area contributed by atoms with Crippen LogP contribution in [0.1, 0.15) is 21.9 Å². The zero-order valence-electron chi connectivity index (χ0n) is 15.3. The van der Waals surface area contributed by atoms with Crippen molar-refractivity contribution in [2.24, 2.45) is 0 Å². The third kappa shape index (κ3) is 4.86. The van der Waals surface area contributed by atoms with Gasteiger partial charge in [0, 0.05) is 0 Å². The van der Waals surface area contributed by atoms with Gasteiger partial charge in [0.15, 0.2) is 5.76 Å². The van der Waals surface area contributed by atoms with Gasteiger partial charge in [0.2, 0.25) is 5.95 Å². The first-order chi connectivity index (χ1) is 14.2. The highest BCUT2D eigenvalue weighted by Crippen LogP contribution is 2.16. The van der Waals surface area contributed by atoms with Crippen molar-refractivity contribution in [2.75, 3.05) is 5.32 Å². The lowest BCUT2D eigenvalue weighted by molar-refractivity contribution is 0.0991. The van der Waals surface area contributed by atoms with E-state index >= 15 is 0 Å². The van der Waals surface area contributed by atoms with Crippen LogP contribution in [0.5, 0.6) is 5.75 Å². The number of hydrogen-bond acceptors (Lipinski definition) is 5. The van der Waals surface area contributed by atoms with Crippen molar-refractivity contribution in [3.8, 4) is 5.75 Å². The van der Waals surface area contributed by atoms with Gasteiger partial charge in [-0.25, -0.2) is 14.1 Å². The number of benzene rings is 2. The number of carbonyl (C=O) groups excluding carboxylic acids is 1. The first-order valence-corrected chi connectivity index (χ1v) is 8.87. The predicted molar refractivity (Wildman–Crippen MR) is 103 cm³/mol. The van der Waals surface area contributed by atoms with Gasteiger partial charge in [-0.3, -0.25) is 10.1 Å². The number of amides is 1. The van der Waals surface area contributed by atoms with Gasteiger partial charge in [-0.15, -0.1) is 5.10 Å². The number of furan rings is 1. The lowest BCUT2D eigenvalue weighted by Gasteiger charge is -2.03. The molecule has 0 radical (unpaired) electrons. The fourth-order valence-electron chi connectivity index (χ4n) is 2.62. The van der Waals surface area contributed by atoms with Crippen molar-refractivity contribution in [3.05, 3.63) is 96.0 Å². The highest BCUT2D eigenvalue weighted by Gasteiger charge is 2.14. The molecule has 0 bridgehead atoms. The number of hydrogen-bond donors (Lipinski definition) is 1. The van der Waals surface area contributed by atoms with Gasteiger partial charge in [-0.1, -0.05) is 30.3 Å². The Kier molecular flexibility index (Phi) is 5.33. The first-order valence-electron chi connectivity index (χ1n) is 8.87. The molecule has 0 fully saturated rings. The molecule has 146 valence electrons. The van der Waals surface area contributed by atoms with Gasteiger partial charge in [-0.2, -0.15) is 0 Å². The zero-order chi connectivity index (χ0) is 20.1. The van der Waals surface area contributed by atoms with Gasteiger partial charge < -0.3 is 9.15 Å². The molecule has 29 heavy (non-hydrogen) atoms. The maximum atomic E-state index is 12.9. The summed E-state index contributed by atoms with van der Waals surface area (Å²) in [5.41, 5.74) is 1.08. The second kappa shape index (κ2) is 8.39. The van der Waals surface area contributed by atoms with E-state index in [1.54, 1.807) is 23.1 Å². The molecule has 4 rings (SSSR count). The van der Waals surface area contributed by atoms with Crippen LogP contribution in [0, 0.1) is 5.82 Å². The number of anilines is 1. The lowest BCUT2D eigenvalue weighted by Crippen LogP contribution is -2.12. The van der Waals surface area contributed by atoms with Gasteiger partial charge in [0.1, 0.15) is 30.3 Å². The highest BCUT2D eigenvalue weighted by atomic mass is 19.1. The minimum atomic E-state index is -0.463. The number of nitrogens with zero attached hydrogens (tertiary/aromatic N) is 3. The molecule has 2 aromatic heterocycles. The van der Waals surface area contributed by atoms with Crippen LogP contribution in [0.15, 0.2) is 77.5 Å². The van der Waals surface area contributed by atoms with Crippen LogP contribution < -0.4 is 10.1 Å². The van der Waals surface area contributed by atoms with E-state index < -0.39 is 5.91 Å². The Morgan fingerprint density at radius 3 is 2.66 bits per heavy atom. The molecule has 0 atom stereocenters. The summed E-state index contributed by atoms with van der Waals surface area (Å²) in [7, 11) is 0. The van der Waals surface area contributed by atoms with E-state index in [2.05, 4.69) is 15.4 Å². The first kappa shape index (κ1) is 18.4. The molecule has 0 aliphatic rings. The quantitative estimate of drug-likeness (QED) is 0.516. The molecule has 2 heterocycles. The van der Waals surface area contributed by atoms with Crippen LogP contribution in [0.2, 0.25) is 0 Å². The summed E-state index contributed by atoms with van der Waals surface area (Å²) in [6.45, 7) is 0.665. The van der Waals surface area contributed by atoms with E-state index in [-0.39, 0.29) is 24.1 Å². The molecule has 4 aromatic rings. The van der Waals surface area contributed by atoms with E-state index in [4.69, 9.17) is 9.15 Å². The third-order valence-corrected chi connectivity index (χ3v) is 4.03. The molecule has 1 amide bonds. The highest BCUT2D eigenvalue weighted by molar-refractivity contribution is 6.01. The van der Waals surface area contributed by atoms with E-state index in [1.165, 1.54) is 24.3 Å². The Morgan fingerprint density at radius 2 is 1.86 bits per heavy atom. The summed E-state index contributed by atoms with van der Waals surface area (Å²) in [5, 5.41) is 6.84. The number of rotatable bonds is 7. The molecular formula is C21H17FN4O3. The van der Waals surface area contributed by atoms with Crippen molar-refractivity contribution >= 4 is 11.9 Å². The van der Waals surface area contributed by atoms with Crippen molar-refractivity contribution < 1.29 is 18.3 Å². The van der Waals surface area contributed by atoms with Gasteiger partial charge in [-0.05, 0) is 42.0 Å². The van der Waals surface area contributed by atoms with E-state index in [9.17, 15) is 9.18 Å². The number of nitrogens with one attached hydrogen (secondary N) is 1. The van der Waals surface area contributed by atoms with Crippen LogP contribution in [0.25, 0.3) is 0 Å². The van der Waals surface area contributed by atoms with Crippen LogP contribution >= 0.6 is 0 Å². The molecule has 0 unspecified atom stereocenters. The Morgan fingerprint density at radius 1 is 1.07 bits per heavy atom. The maximum Gasteiger partial charge on any atom is 0.293 e. The van der Waals surface area contributed by atoms with Gasteiger partial charge in [0.25, 0.3) is 5.91 Å². The third-order valence-electron chi connectivity index (χ3n) is 4.03. The van der Waals surface area contributed by atoms with E-state index in [0.29, 0.717) is 18.1 Å². The lowest BCUT2D eigenvalue weighted by atomic mass is 10.2. The molecule has 0 aliphatic heterocycles. The smallest absolute Gasteiger partial charge is 0.293 e. The fraction of sp³-hybridized carbons (Fsp3) is 0.0952. The second-order valence-corrected chi connectivity index (χ2v) is 6.21. The average Bonchev–Trinajstić information content (AvgIpc) is 3.38. The zero-order valence-corrected chi connectivity index (χ0v) is 15.3. The Labute approximate surface area is 165 Å². The molecule has 0 aliphatic carbocycles. The average molecular weight is 392 g/mol. The molecule has 8 heteroatoms. The van der Waals surface area contributed by atoms with Crippen molar-refractivity contribution in [1.82, 2.24) is 14.8 Å². The summed E-state index contributed by atoms with van der Waals surface area (Å²) in [6.07, 6.45) is 1.55. The summed E-state index contributed by atoms with van der Waals surface area (Å²) < 4.78 is 25.5. The monoisotopic (exact) mass is 392 g/mol. The molecule has 0 saturated heterocycles. The van der Waals surface area contributed by atoms with Crippen molar-refractivity contribution in [1.29, 1.82) is 0 Å². The van der Waals surface area contributed by atoms with Crippen LogP contribution in [-0.4, -0.2) is 20.7 Å². The molecule has 7 nitrogen and oxygen atoms in total. The second-order valence-electron chi connectivity index (χ2n) is 6.21. The van der Waals surface area contributed by atoms with Crippen LogP contribution in [0.4, 0.5) is 10.3 Å². The van der Waals surface area contributed by atoms with E-state index in [0.717, 1.165) is 5.56 Å². The van der Waals surface area contributed by atoms with Crippen molar-refractivity contribution in [2.45, 2.75) is 13.2 Å². The largest absolute Gasteiger partial charge is 0.486 e. The summed E-state index contributed by atoms with van der Waals surface area (Å²) in [6, 6.07) is 18.6. The molecular weight excluding hydrogens is 375 g/mol.